The number of nitrogens with one attached hydrogen (secondary N) is 2. The molecule has 1 unspecified atom stereocenters. The van der Waals surface area contributed by atoms with Gasteiger partial charge in [0, 0.05) is 37.7 Å². The smallest absolute Gasteiger partial charge is 0.251 e. The molecular formula is C26H36N4O2. The number of likely N-dealkylation sites (tertiary alicyclic amines) is 1. The fourth-order valence-corrected chi connectivity index (χ4v) is 3.82. The second-order valence-electron chi connectivity index (χ2n) is 8.23. The topological polar surface area (TPSA) is 66.0 Å². The molecule has 2 N–H and O–H groups in total. The Bertz CT molecular complexity index is 869. The van der Waals surface area contributed by atoms with Crippen LogP contribution in [0.1, 0.15) is 48.2 Å². The Morgan fingerprint density at radius 3 is 2.69 bits per heavy atom. The summed E-state index contributed by atoms with van der Waals surface area (Å²) in [6.45, 7) is 9.54. The first kappa shape index (κ1) is 23.8. The Labute approximate surface area is 192 Å². The summed E-state index contributed by atoms with van der Waals surface area (Å²) >= 11 is 0. The molecule has 6 heteroatoms. The van der Waals surface area contributed by atoms with Crippen molar-refractivity contribution in [2.75, 3.05) is 32.8 Å². The highest BCUT2D eigenvalue weighted by Gasteiger charge is 2.25. The molecule has 0 radical (unpaired) electrons. The Morgan fingerprint density at radius 1 is 1.09 bits per heavy atom. The molecule has 3 rings (SSSR count). The number of amides is 1. The summed E-state index contributed by atoms with van der Waals surface area (Å²) in [6, 6.07) is 18.0. The number of carbonyl (C=O) groups is 1. The van der Waals surface area contributed by atoms with E-state index < -0.39 is 0 Å². The molecule has 1 amide bonds. The van der Waals surface area contributed by atoms with Crippen LogP contribution >= 0.6 is 0 Å². The van der Waals surface area contributed by atoms with Crippen LogP contribution < -0.4 is 10.6 Å². The lowest BCUT2D eigenvalue weighted by atomic mass is 10.1. The maximum absolute atomic E-state index is 12.2. The first-order valence-electron chi connectivity index (χ1n) is 11.7. The van der Waals surface area contributed by atoms with Crippen LogP contribution in [0.15, 0.2) is 59.6 Å². The molecule has 1 fully saturated rings. The highest BCUT2D eigenvalue weighted by atomic mass is 16.5. The first-order chi connectivity index (χ1) is 15.7. The van der Waals surface area contributed by atoms with Gasteiger partial charge in [-0.3, -0.25) is 4.79 Å². The van der Waals surface area contributed by atoms with Crippen molar-refractivity contribution in [1.29, 1.82) is 0 Å². The average molecular weight is 437 g/mol. The van der Waals surface area contributed by atoms with E-state index in [1.54, 1.807) is 0 Å². The van der Waals surface area contributed by atoms with Gasteiger partial charge in [0.2, 0.25) is 0 Å². The quantitative estimate of drug-likeness (QED) is 0.439. The van der Waals surface area contributed by atoms with E-state index in [-0.39, 0.29) is 5.91 Å². The van der Waals surface area contributed by atoms with E-state index in [4.69, 9.17) is 9.73 Å². The standard InChI is InChI=1S/C26H36N4O2/c1-3-14-28-25(31)24-12-8-11-22(16-24)17-29-26(27-4-2)30-15-13-23(18-30)20-32-19-21-9-6-5-7-10-21/h5-12,16,23H,3-4,13-15,17-20H2,1-2H3,(H,27,29)(H,28,31). The summed E-state index contributed by atoms with van der Waals surface area (Å²) in [7, 11) is 0. The minimum atomic E-state index is -0.0255. The van der Waals surface area contributed by atoms with Gasteiger partial charge in [-0.05, 0) is 43.0 Å². The molecule has 0 aromatic heterocycles. The Hall–Kier alpha value is -2.86. The van der Waals surface area contributed by atoms with E-state index in [2.05, 4.69) is 34.6 Å². The second kappa shape index (κ2) is 12.9. The highest BCUT2D eigenvalue weighted by molar-refractivity contribution is 5.94. The van der Waals surface area contributed by atoms with Crippen LogP contribution in [-0.2, 0) is 17.9 Å². The van der Waals surface area contributed by atoms with Crippen LogP contribution in [0.2, 0.25) is 0 Å². The number of carbonyl (C=O) groups excluding carboxylic acids is 1. The fourth-order valence-electron chi connectivity index (χ4n) is 3.82. The highest BCUT2D eigenvalue weighted by Crippen LogP contribution is 2.18. The number of rotatable bonds is 10. The zero-order valence-electron chi connectivity index (χ0n) is 19.3. The number of hydrogen-bond donors (Lipinski definition) is 2. The minimum Gasteiger partial charge on any atom is -0.376 e. The van der Waals surface area contributed by atoms with E-state index in [9.17, 15) is 4.79 Å². The monoisotopic (exact) mass is 436 g/mol. The molecule has 0 spiro atoms. The molecule has 0 bridgehead atoms. The summed E-state index contributed by atoms with van der Waals surface area (Å²) in [6.07, 6.45) is 2.03. The lowest BCUT2D eigenvalue weighted by molar-refractivity contribution is 0.0906. The number of aliphatic imine (C=N–C) groups is 1. The zero-order valence-corrected chi connectivity index (χ0v) is 19.3. The van der Waals surface area contributed by atoms with Crippen molar-refractivity contribution in [3.05, 3.63) is 71.3 Å². The van der Waals surface area contributed by atoms with E-state index in [1.807, 2.05) is 49.4 Å². The minimum absolute atomic E-state index is 0.0255. The molecule has 0 aliphatic carbocycles. The largest absolute Gasteiger partial charge is 0.376 e. The van der Waals surface area contributed by atoms with Crippen molar-refractivity contribution >= 4 is 11.9 Å². The zero-order chi connectivity index (χ0) is 22.6. The third-order valence-electron chi connectivity index (χ3n) is 5.52. The van der Waals surface area contributed by atoms with Crippen LogP contribution in [0.4, 0.5) is 0 Å². The third kappa shape index (κ3) is 7.38. The van der Waals surface area contributed by atoms with Gasteiger partial charge in [0.15, 0.2) is 5.96 Å². The fraction of sp³-hybridized carbons (Fsp3) is 0.462. The lowest BCUT2D eigenvalue weighted by Gasteiger charge is -2.21. The maximum atomic E-state index is 12.2. The van der Waals surface area contributed by atoms with Crippen molar-refractivity contribution in [3.8, 4) is 0 Å². The van der Waals surface area contributed by atoms with Gasteiger partial charge < -0.3 is 20.3 Å². The van der Waals surface area contributed by atoms with E-state index in [1.165, 1.54) is 5.56 Å². The number of benzene rings is 2. The SMILES string of the molecule is CCCNC(=O)c1cccc(CN=C(NCC)N2CCC(COCc3ccccc3)C2)c1. The summed E-state index contributed by atoms with van der Waals surface area (Å²) in [4.78, 5) is 19.4. The average Bonchev–Trinajstić information content (AvgIpc) is 3.30. The van der Waals surface area contributed by atoms with Gasteiger partial charge >= 0.3 is 0 Å². The van der Waals surface area contributed by atoms with Crippen molar-refractivity contribution in [3.63, 3.8) is 0 Å². The van der Waals surface area contributed by atoms with E-state index >= 15 is 0 Å². The maximum Gasteiger partial charge on any atom is 0.251 e. The third-order valence-corrected chi connectivity index (χ3v) is 5.52. The van der Waals surface area contributed by atoms with Gasteiger partial charge in [0.25, 0.3) is 5.91 Å². The number of hydrogen-bond acceptors (Lipinski definition) is 3. The van der Waals surface area contributed by atoms with Crippen molar-refractivity contribution in [2.24, 2.45) is 10.9 Å². The first-order valence-corrected chi connectivity index (χ1v) is 11.7. The summed E-state index contributed by atoms with van der Waals surface area (Å²) < 4.78 is 5.96. The predicted octanol–water partition coefficient (Wildman–Crippen LogP) is 3.83. The van der Waals surface area contributed by atoms with Gasteiger partial charge in [-0.1, -0.05) is 49.4 Å². The molecule has 32 heavy (non-hydrogen) atoms. The Balaban J connectivity index is 1.53. The normalized spacial score (nSPS) is 16.2. The van der Waals surface area contributed by atoms with Gasteiger partial charge in [-0.25, -0.2) is 4.99 Å². The summed E-state index contributed by atoms with van der Waals surface area (Å²) in [5.74, 6) is 1.41. The van der Waals surface area contributed by atoms with Crippen molar-refractivity contribution < 1.29 is 9.53 Å². The molecule has 2 aromatic rings. The van der Waals surface area contributed by atoms with Gasteiger partial charge in [0.1, 0.15) is 0 Å². The van der Waals surface area contributed by atoms with Crippen molar-refractivity contribution in [1.82, 2.24) is 15.5 Å². The van der Waals surface area contributed by atoms with Crippen LogP contribution in [0.3, 0.4) is 0 Å². The van der Waals surface area contributed by atoms with Gasteiger partial charge in [-0.2, -0.15) is 0 Å². The lowest BCUT2D eigenvalue weighted by Crippen LogP contribution is -2.40. The second-order valence-corrected chi connectivity index (χ2v) is 8.23. The van der Waals surface area contributed by atoms with Gasteiger partial charge in [-0.15, -0.1) is 0 Å². The summed E-state index contributed by atoms with van der Waals surface area (Å²) in [5.41, 5.74) is 2.93. The molecule has 1 aliphatic heterocycles. The number of ether oxygens (including phenoxy) is 1. The predicted molar refractivity (Wildman–Crippen MR) is 130 cm³/mol. The van der Waals surface area contributed by atoms with Crippen molar-refractivity contribution in [2.45, 2.75) is 39.8 Å². The molecular weight excluding hydrogens is 400 g/mol. The molecule has 1 atom stereocenters. The number of nitrogens with zero attached hydrogens (tertiary/aromatic N) is 2. The van der Waals surface area contributed by atoms with Crippen LogP contribution in [-0.4, -0.2) is 49.6 Å². The van der Waals surface area contributed by atoms with Crippen LogP contribution in [0, 0.1) is 5.92 Å². The molecule has 1 aliphatic rings. The molecule has 1 saturated heterocycles. The van der Waals surface area contributed by atoms with Crippen LogP contribution in [0.5, 0.6) is 0 Å². The van der Waals surface area contributed by atoms with Crippen LogP contribution in [0.25, 0.3) is 0 Å². The molecule has 1 heterocycles. The van der Waals surface area contributed by atoms with Gasteiger partial charge in [0.05, 0.1) is 19.8 Å². The molecule has 2 aromatic carbocycles. The molecule has 172 valence electrons. The van der Waals surface area contributed by atoms with E-state index in [0.29, 0.717) is 31.2 Å². The Kier molecular flexibility index (Phi) is 9.57. The summed E-state index contributed by atoms with van der Waals surface area (Å²) in [5, 5.41) is 6.35. The van der Waals surface area contributed by atoms with E-state index in [0.717, 1.165) is 50.6 Å². The Morgan fingerprint density at radius 2 is 1.91 bits per heavy atom. The molecule has 0 saturated carbocycles. The molecule has 6 nitrogen and oxygen atoms in total. The number of guanidine groups is 1.